The molecule has 2 heteroatoms. The van der Waals surface area contributed by atoms with E-state index in [-0.39, 0.29) is 0 Å². The maximum Gasteiger partial charge on any atom is 0.0211 e. The minimum atomic E-state index is 0.966. The van der Waals surface area contributed by atoms with E-state index in [0.717, 1.165) is 18.8 Å². The van der Waals surface area contributed by atoms with E-state index in [9.17, 15) is 0 Å². The topological polar surface area (TPSA) is 12.0 Å². The Bertz CT molecular complexity index is 488. The average molecular weight is 271 g/mol. The van der Waals surface area contributed by atoms with Crippen molar-refractivity contribution in [1.29, 1.82) is 0 Å². The van der Waals surface area contributed by atoms with Gasteiger partial charge in [-0.3, -0.25) is 0 Å². The molecule has 0 saturated heterocycles. The molecule has 2 aromatic carbocycles. The zero-order valence-corrected chi connectivity index (χ0v) is 12.5. The molecule has 0 fully saturated rings. The largest absolute Gasteiger partial charge is 0.312 e. The van der Waals surface area contributed by atoms with Gasteiger partial charge in [-0.05, 0) is 42.7 Å². The van der Waals surface area contributed by atoms with Crippen LogP contribution in [-0.2, 0) is 6.54 Å². The maximum atomic E-state index is 3.53. The van der Waals surface area contributed by atoms with E-state index in [1.165, 1.54) is 21.6 Å². The van der Waals surface area contributed by atoms with E-state index in [1.54, 1.807) is 0 Å². The maximum absolute atomic E-state index is 3.53. The highest BCUT2D eigenvalue weighted by Crippen LogP contribution is 2.16. The summed E-state index contributed by atoms with van der Waals surface area (Å²) in [5, 5.41) is 3.53. The summed E-state index contributed by atoms with van der Waals surface area (Å²) in [7, 11) is 0. The number of aryl methyl sites for hydroxylation is 2. The number of hydrogen-bond acceptors (Lipinski definition) is 2. The van der Waals surface area contributed by atoms with Crippen molar-refractivity contribution in [3.05, 3.63) is 65.2 Å². The molecule has 2 aromatic rings. The summed E-state index contributed by atoms with van der Waals surface area (Å²) in [4.78, 5) is 1.34. The molecule has 0 saturated carbocycles. The predicted molar refractivity (Wildman–Crippen MR) is 84.8 cm³/mol. The van der Waals surface area contributed by atoms with E-state index in [2.05, 4.69) is 67.7 Å². The van der Waals surface area contributed by atoms with Gasteiger partial charge in [0.15, 0.2) is 0 Å². The fourth-order valence-electron chi connectivity index (χ4n) is 2.10. The van der Waals surface area contributed by atoms with Crippen LogP contribution in [0.2, 0.25) is 0 Å². The summed E-state index contributed by atoms with van der Waals surface area (Å²) in [6.45, 7) is 6.37. The van der Waals surface area contributed by atoms with E-state index in [0.29, 0.717) is 0 Å². The van der Waals surface area contributed by atoms with Crippen LogP contribution in [0.3, 0.4) is 0 Å². The van der Waals surface area contributed by atoms with Gasteiger partial charge in [0.1, 0.15) is 0 Å². The number of rotatable bonds is 6. The monoisotopic (exact) mass is 271 g/mol. The molecular weight excluding hydrogens is 250 g/mol. The highest BCUT2D eigenvalue weighted by Gasteiger charge is 2.01. The molecule has 0 aromatic heterocycles. The van der Waals surface area contributed by atoms with Gasteiger partial charge >= 0.3 is 0 Å². The van der Waals surface area contributed by atoms with Crippen molar-refractivity contribution in [3.8, 4) is 0 Å². The number of nitrogens with one attached hydrogen (secondary N) is 1. The fourth-order valence-corrected chi connectivity index (χ4v) is 2.93. The first-order valence-electron chi connectivity index (χ1n) is 6.71. The Kier molecular flexibility index (Phi) is 5.49. The molecule has 100 valence electrons. The molecule has 1 nitrogen and oxygen atoms in total. The van der Waals surface area contributed by atoms with Crippen LogP contribution < -0.4 is 5.32 Å². The van der Waals surface area contributed by atoms with Gasteiger partial charge in [0, 0.05) is 23.7 Å². The van der Waals surface area contributed by atoms with Gasteiger partial charge < -0.3 is 5.32 Å². The molecule has 0 aliphatic carbocycles. The molecule has 0 radical (unpaired) electrons. The first-order valence-corrected chi connectivity index (χ1v) is 7.69. The molecule has 0 unspecified atom stereocenters. The summed E-state index contributed by atoms with van der Waals surface area (Å²) < 4.78 is 0. The van der Waals surface area contributed by atoms with Gasteiger partial charge in [-0.1, -0.05) is 36.4 Å². The Balaban J connectivity index is 1.73. The van der Waals surface area contributed by atoms with Crippen LogP contribution in [0.25, 0.3) is 0 Å². The summed E-state index contributed by atoms with van der Waals surface area (Å²) in [5.41, 5.74) is 4.19. The minimum absolute atomic E-state index is 0.966. The van der Waals surface area contributed by atoms with Crippen molar-refractivity contribution >= 4 is 11.8 Å². The van der Waals surface area contributed by atoms with Gasteiger partial charge in [0.2, 0.25) is 0 Å². The quantitative estimate of drug-likeness (QED) is 0.624. The second-order valence-corrected chi connectivity index (χ2v) is 5.88. The van der Waals surface area contributed by atoms with Gasteiger partial charge in [0.25, 0.3) is 0 Å². The van der Waals surface area contributed by atoms with Crippen LogP contribution in [0.15, 0.2) is 53.4 Å². The number of hydrogen-bond donors (Lipinski definition) is 1. The molecule has 0 bridgehead atoms. The van der Waals surface area contributed by atoms with Crippen molar-refractivity contribution in [3.63, 3.8) is 0 Å². The predicted octanol–water partition coefficient (Wildman–Crippen LogP) is 4.19. The van der Waals surface area contributed by atoms with Crippen molar-refractivity contribution in [1.82, 2.24) is 5.32 Å². The summed E-state index contributed by atoms with van der Waals surface area (Å²) in [6.07, 6.45) is 0. The van der Waals surface area contributed by atoms with Crippen LogP contribution in [0, 0.1) is 13.8 Å². The molecular formula is C17H21NS. The Morgan fingerprint density at radius 1 is 0.895 bits per heavy atom. The summed E-state index contributed by atoms with van der Waals surface area (Å²) in [5.74, 6) is 1.11. The number of thioether (sulfide) groups is 1. The highest BCUT2D eigenvalue weighted by molar-refractivity contribution is 7.99. The lowest BCUT2D eigenvalue weighted by molar-refractivity contribution is 0.725. The van der Waals surface area contributed by atoms with Gasteiger partial charge in [0.05, 0.1) is 0 Å². The van der Waals surface area contributed by atoms with Crippen LogP contribution in [0.5, 0.6) is 0 Å². The Morgan fingerprint density at radius 2 is 1.58 bits per heavy atom. The SMILES string of the molecule is Cc1cccc(C)c1CNCCSc1ccccc1. The third-order valence-corrected chi connectivity index (χ3v) is 4.25. The first-order chi connectivity index (χ1) is 9.27. The normalized spacial score (nSPS) is 10.6. The average Bonchev–Trinajstić information content (AvgIpc) is 2.42. The van der Waals surface area contributed by atoms with Crippen LogP contribution >= 0.6 is 11.8 Å². The highest BCUT2D eigenvalue weighted by atomic mass is 32.2. The molecule has 0 aliphatic rings. The lowest BCUT2D eigenvalue weighted by Crippen LogP contribution is -2.17. The van der Waals surface area contributed by atoms with Gasteiger partial charge in [-0.2, -0.15) is 0 Å². The molecule has 0 heterocycles. The molecule has 0 amide bonds. The van der Waals surface area contributed by atoms with Crippen LogP contribution in [0.4, 0.5) is 0 Å². The Hall–Kier alpha value is -1.25. The van der Waals surface area contributed by atoms with E-state index >= 15 is 0 Å². The van der Waals surface area contributed by atoms with E-state index in [1.807, 2.05) is 11.8 Å². The van der Waals surface area contributed by atoms with E-state index < -0.39 is 0 Å². The Labute approximate surface area is 120 Å². The molecule has 0 spiro atoms. The van der Waals surface area contributed by atoms with Crippen molar-refractivity contribution < 1.29 is 0 Å². The smallest absolute Gasteiger partial charge is 0.0211 e. The second-order valence-electron chi connectivity index (χ2n) is 4.71. The molecule has 0 atom stereocenters. The van der Waals surface area contributed by atoms with E-state index in [4.69, 9.17) is 0 Å². The standard InChI is InChI=1S/C17H21NS/c1-14-7-6-8-15(2)17(14)13-18-11-12-19-16-9-4-3-5-10-16/h3-10,18H,11-13H2,1-2H3. The molecule has 19 heavy (non-hydrogen) atoms. The second kappa shape index (κ2) is 7.37. The molecule has 1 N–H and O–H groups in total. The summed E-state index contributed by atoms with van der Waals surface area (Å²) in [6, 6.07) is 17.1. The van der Waals surface area contributed by atoms with Crippen LogP contribution in [-0.4, -0.2) is 12.3 Å². The van der Waals surface area contributed by atoms with Crippen molar-refractivity contribution in [2.45, 2.75) is 25.3 Å². The first kappa shape index (κ1) is 14.2. The zero-order valence-electron chi connectivity index (χ0n) is 11.6. The third-order valence-electron chi connectivity index (χ3n) is 3.24. The Morgan fingerprint density at radius 3 is 2.26 bits per heavy atom. The third kappa shape index (κ3) is 4.41. The van der Waals surface area contributed by atoms with Crippen LogP contribution in [0.1, 0.15) is 16.7 Å². The fraction of sp³-hybridized carbons (Fsp3) is 0.294. The van der Waals surface area contributed by atoms with Gasteiger partial charge in [-0.15, -0.1) is 11.8 Å². The summed E-state index contributed by atoms with van der Waals surface area (Å²) >= 11 is 1.90. The number of benzene rings is 2. The van der Waals surface area contributed by atoms with Crippen molar-refractivity contribution in [2.24, 2.45) is 0 Å². The zero-order chi connectivity index (χ0) is 13.5. The minimum Gasteiger partial charge on any atom is -0.312 e. The van der Waals surface area contributed by atoms with Gasteiger partial charge in [-0.25, -0.2) is 0 Å². The van der Waals surface area contributed by atoms with Crippen molar-refractivity contribution in [2.75, 3.05) is 12.3 Å². The lowest BCUT2D eigenvalue weighted by atomic mass is 10.0. The lowest BCUT2D eigenvalue weighted by Gasteiger charge is -2.10. The molecule has 0 aliphatic heterocycles. The molecule has 2 rings (SSSR count).